The van der Waals surface area contributed by atoms with Gasteiger partial charge in [0.1, 0.15) is 0 Å². The molecular formula is C8H7ClF3N. The zero-order valence-corrected chi connectivity index (χ0v) is 7.28. The Labute approximate surface area is 78.3 Å². The minimum atomic E-state index is -4.37. The molecule has 1 rings (SSSR count). The summed E-state index contributed by atoms with van der Waals surface area (Å²) in [6.45, 7) is 0.0453. The third-order valence-electron chi connectivity index (χ3n) is 1.52. The van der Waals surface area contributed by atoms with Crippen molar-refractivity contribution in [2.45, 2.75) is 12.7 Å². The first-order chi connectivity index (χ1) is 5.93. The number of hydrogen-bond donors (Lipinski definition) is 1. The average molecular weight is 210 g/mol. The Morgan fingerprint density at radius 1 is 1.23 bits per heavy atom. The second-order valence-electron chi connectivity index (χ2n) is 2.55. The quantitative estimate of drug-likeness (QED) is 0.756. The van der Waals surface area contributed by atoms with E-state index < -0.39 is 11.7 Å². The molecule has 0 heterocycles. The molecule has 0 aliphatic heterocycles. The number of alkyl halides is 3. The maximum absolute atomic E-state index is 12.2. The van der Waals surface area contributed by atoms with Crippen molar-refractivity contribution in [1.29, 1.82) is 0 Å². The Bertz CT molecular complexity index is 309. The second kappa shape index (κ2) is 3.55. The number of hydrogen-bond acceptors (Lipinski definition) is 1. The van der Waals surface area contributed by atoms with Crippen molar-refractivity contribution in [2.75, 3.05) is 0 Å². The third-order valence-corrected chi connectivity index (χ3v) is 1.74. The summed E-state index contributed by atoms with van der Waals surface area (Å²) >= 11 is 5.48. The molecule has 0 saturated carbocycles. The van der Waals surface area contributed by atoms with Gasteiger partial charge in [0.05, 0.1) is 5.56 Å². The molecule has 1 aromatic rings. The van der Waals surface area contributed by atoms with Crippen molar-refractivity contribution in [3.8, 4) is 0 Å². The molecule has 1 aromatic carbocycles. The molecule has 13 heavy (non-hydrogen) atoms. The average Bonchev–Trinajstić information content (AvgIpc) is 2.01. The lowest BCUT2D eigenvalue weighted by Gasteiger charge is -2.08. The van der Waals surface area contributed by atoms with Crippen molar-refractivity contribution < 1.29 is 13.2 Å². The van der Waals surface area contributed by atoms with Crippen LogP contribution in [0.1, 0.15) is 11.1 Å². The standard InChI is InChI=1S/C8H7ClF3N/c9-7-2-5(4-13)1-6(3-7)8(10,11)12/h1-3H,4,13H2. The number of rotatable bonds is 1. The Kier molecular flexibility index (Phi) is 2.83. The molecule has 5 heteroatoms. The van der Waals surface area contributed by atoms with Crippen molar-refractivity contribution >= 4 is 11.6 Å². The summed E-state index contributed by atoms with van der Waals surface area (Å²) in [6.07, 6.45) is -4.37. The Morgan fingerprint density at radius 2 is 1.85 bits per heavy atom. The van der Waals surface area contributed by atoms with Gasteiger partial charge < -0.3 is 5.73 Å². The summed E-state index contributed by atoms with van der Waals surface area (Å²) in [7, 11) is 0. The van der Waals surface area contributed by atoms with Gasteiger partial charge in [0.2, 0.25) is 0 Å². The molecule has 72 valence electrons. The fraction of sp³-hybridized carbons (Fsp3) is 0.250. The van der Waals surface area contributed by atoms with Crippen LogP contribution in [0.4, 0.5) is 13.2 Å². The Balaban J connectivity index is 3.16. The highest BCUT2D eigenvalue weighted by molar-refractivity contribution is 6.30. The van der Waals surface area contributed by atoms with Crippen LogP contribution in [-0.4, -0.2) is 0 Å². The summed E-state index contributed by atoms with van der Waals surface area (Å²) in [5.74, 6) is 0. The lowest BCUT2D eigenvalue weighted by molar-refractivity contribution is -0.137. The molecule has 2 N–H and O–H groups in total. The highest BCUT2D eigenvalue weighted by Crippen LogP contribution is 2.31. The van der Waals surface area contributed by atoms with Gasteiger partial charge in [-0.05, 0) is 23.8 Å². The number of halogens is 4. The molecule has 0 unspecified atom stereocenters. The van der Waals surface area contributed by atoms with Crippen LogP contribution in [0.25, 0.3) is 0 Å². The van der Waals surface area contributed by atoms with Gasteiger partial charge in [-0.1, -0.05) is 11.6 Å². The van der Waals surface area contributed by atoms with Crippen molar-refractivity contribution in [3.05, 3.63) is 34.3 Å². The highest BCUT2D eigenvalue weighted by atomic mass is 35.5. The zero-order valence-electron chi connectivity index (χ0n) is 6.53. The minimum Gasteiger partial charge on any atom is -0.326 e. The fourth-order valence-electron chi connectivity index (χ4n) is 0.932. The van der Waals surface area contributed by atoms with Crippen LogP contribution >= 0.6 is 11.6 Å². The van der Waals surface area contributed by atoms with Crippen molar-refractivity contribution in [3.63, 3.8) is 0 Å². The van der Waals surface area contributed by atoms with Crippen LogP contribution < -0.4 is 5.73 Å². The van der Waals surface area contributed by atoms with E-state index in [4.69, 9.17) is 17.3 Å². The van der Waals surface area contributed by atoms with E-state index in [2.05, 4.69) is 0 Å². The second-order valence-corrected chi connectivity index (χ2v) is 2.99. The predicted molar refractivity (Wildman–Crippen MR) is 44.3 cm³/mol. The molecule has 0 amide bonds. The molecule has 0 aromatic heterocycles. The summed E-state index contributed by atoms with van der Waals surface area (Å²) in [4.78, 5) is 0. The molecule has 0 bridgehead atoms. The maximum atomic E-state index is 12.2. The van der Waals surface area contributed by atoms with E-state index in [1.54, 1.807) is 0 Å². The van der Waals surface area contributed by atoms with E-state index in [-0.39, 0.29) is 11.6 Å². The van der Waals surface area contributed by atoms with E-state index >= 15 is 0 Å². The third kappa shape index (κ3) is 2.60. The van der Waals surface area contributed by atoms with Crippen LogP contribution in [0.15, 0.2) is 18.2 Å². The zero-order chi connectivity index (χ0) is 10.1. The first-order valence-electron chi connectivity index (χ1n) is 3.50. The molecule has 0 atom stereocenters. The molecule has 0 spiro atoms. The van der Waals surface area contributed by atoms with Crippen LogP contribution in [-0.2, 0) is 12.7 Å². The van der Waals surface area contributed by atoms with Gasteiger partial charge >= 0.3 is 6.18 Å². The maximum Gasteiger partial charge on any atom is 0.416 e. The number of nitrogens with two attached hydrogens (primary N) is 1. The summed E-state index contributed by atoms with van der Waals surface area (Å²) < 4.78 is 36.6. The number of benzene rings is 1. The minimum absolute atomic E-state index is 0.0453. The molecule has 1 nitrogen and oxygen atoms in total. The van der Waals surface area contributed by atoms with Crippen molar-refractivity contribution in [2.24, 2.45) is 5.73 Å². The van der Waals surface area contributed by atoms with Gasteiger partial charge in [-0.15, -0.1) is 0 Å². The van der Waals surface area contributed by atoms with Crippen LogP contribution in [0.2, 0.25) is 5.02 Å². The van der Waals surface area contributed by atoms with E-state index in [9.17, 15) is 13.2 Å². The smallest absolute Gasteiger partial charge is 0.326 e. The van der Waals surface area contributed by atoms with E-state index in [0.29, 0.717) is 5.56 Å². The monoisotopic (exact) mass is 209 g/mol. The summed E-state index contributed by atoms with van der Waals surface area (Å²) in [6, 6.07) is 3.28. The lowest BCUT2D eigenvalue weighted by Crippen LogP contribution is -2.07. The summed E-state index contributed by atoms with van der Waals surface area (Å²) in [5.41, 5.74) is 4.82. The van der Waals surface area contributed by atoms with Gasteiger partial charge in [-0.3, -0.25) is 0 Å². The largest absolute Gasteiger partial charge is 0.416 e. The highest BCUT2D eigenvalue weighted by Gasteiger charge is 2.30. The van der Waals surface area contributed by atoms with Gasteiger partial charge in [0.25, 0.3) is 0 Å². The first-order valence-corrected chi connectivity index (χ1v) is 3.88. The van der Waals surface area contributed by atoms with Crippen LogP contribution in [0, 0.1) is 0 Å². The van der Waals surface area contributed by atoms with E-state index in [1.165, 1.54) is 6.07 Å². The topological polar surface area (TPSA) is 26.0 Å². The molecular weight excluding hydrogens is 203 g/mol. The molecule has 0 aliphatic rings. The predicted octanol–water partition coefficient (Wildman–Crippen LogP) is 2.82. The van der Waals surface area contributed by atoms with Gasteiger partial charge in [-0.25, -0.2) is 0 Å². The van der Waals surface area contributed by atoms with E-state index in [0.717, 1.165) is 12.1 Å². The summed E-state index contributed by atoms with van der Waals surface area (Å²) in [5, 5.41) is 0.0512. The lowest BCUT2D eigenvalue weighted by atomic mass is 10.1. The molecule has 0 fully saturated rings. The normalized spacial score (nSPS) is 11.8. The van der Waals surface area contributed by atoms with Crippen molar-refractivity contribution in [1.82, 2.24) is 0 Å². The van der Waals surface area contributed by atoms with E-state index in [1.807, 2.05) is 0 Å². The first kappa shape index (κ1) is 10.3. The van der Waals surface area contributed by atoms with Gasteiger partial charge in [-0.2, -0.15) is 13.2 Å². The SMILES string of the molecule is NCc1cc(Cl)cc(C(F)(F)F)c1. The fourth-order valence-corrected chi connectivity index (χ4v) is 1.19. The Hall–Kier alpha value is -0.740. The Morgan fingerprint density at radius 3 is 2.31 bits per heavy atom. The molecule has 0 saturated heterocycles. The molecule has 0 radical (unpaired) electrons. The van der Waals surface area contributed by atoms with Crippen LogP contribution in [0.3, 0.4) is 0 Å². The van der Waals surface area contributed by atoms with Gasteiger partial charge in [0.15, 0.2) is 0 Å². The van der Waals surface area contributed by atoms with Gasteiger partial charge in [0, 0.05) is 11.6 Å². The molecule has 0 aliphatic carbocycles. The van der Waals surface area contributed by atoms with Crippen LogP contribution in [0.5, 0.6) is 0 Å².